The van der Waals surface area contributed by atoms with Crippen LogP contribution in [0.1, 0.15) is 44.7 Å². The van der Waals surface area contributed by atoms with Gasteiger partial charge in [-0.1, -0.05) is 43.7 Å². The molecule has 0 bridgehead atoms. The molecule has 1 N–H and O–H groups in total. The van der Waals surface area contributed by atoms with E-state index in [1.807, 2.05) is 26.8 Å². The van der Waals surface area contributed by atoms with Crippen molar-refractivity contribution < 1.29 is 27.1 Å². The lowest BCUT2D eigenvalue weighted by Gasteiger charge is -2.33. The van der Waals surface area contributed by atoms with Crippen molar-refractivity contribution in [2.45, 2.75) is 64.1 Å². The Hall–Kier alpha value is -3.92. The largest absolute Gasteiger partial charge is 0.497 e. The minimum atomic E-state index is -4.27. The number of carbonyl (C=O) groups excluding carboxylic acids is 2. The molecule has 0 spiro atoms. The van der Waals surface area contributed by atoms with Gasteiger partial charge in [0.2, 0.25) is 11.8 Å². The van der Waals surface area contributed by atoms with Gasteiger partial charge in [-0.2, -0.15) is 0 Å². The maximum absolute atomic E-state index is 14.1. The average molecular weight is 584 g/mol. The fourth-order valence-electron chi connectivity index (χ4n) is 4.30. The van der Waals surface area contributed by atoms with Crippen molar-refractivity contribution in [2.24, 2.45) is 0 Å². The Kier molecular flexibility index (Phi) is 10.9. The fourth-order valence-corrected chi connectivity index (χ4v) is 5.72. The molecule has 3 aromatic rings. The van der Waals surface area contributed by atoms with E-state index in [4.69, 9.17) is 4.74 Å². The smallest absolute Gasteiger partial charge is 0.264 e. The van der Waals surface area contributed by atoms with Gasteiger partial charge < -0.3 is 15.0 Å². The van der Waals surface area contributed by atoms with Crippen LogP contribution in [0, 0.1) is 12.7 Å². The molecule has 41 heavy (non-hydrogen) atoms. The number of nitrogens with zero attached hydrogens (tertiary/aromatic N) is 2. The van der Waals surface area contributed by atoms with E-state index in [9.17, 15) is 22.4 Å². The molecule has 0 radical (unpaired) electrons. The van der Waals surface area contributed by atoms with Crippen molar-refractivity contribution in [3.8, 4) is 5.75 Å². The molecule has 0 heterocycles. The zero-order valence-electron chi connectivity index (χ0n) is 24.1. The third kappa shape index (κ3) is 8.07. The van der Waals surface area contributed by atoms with Gasteiger partial charge in [0.15, 0.2) is 0 Å². The highest BCUT2D eigenvalue weighted by molar-refractivity contribution is 7.92. The Morgan fingerprint density at radius 1 is 0.976 bits per heavy atom. The van der Waals surface area contributed by atoms with E-state index in [-0.39, 0.29) is 29.1 Å². The van der Waals surface area contributed by atoms with Gasteiger partial charge in [-0.3, -0.25) is 13.9 Å². The quantitative estimate of drug-likeness (QED) is 0.304. The number of carbonyl (C=O) groups is 2. The first-order valence-corrected chi connectivity index (χ1v) is 15.0. The molecule has 8 nitrogen and oxygen atoms in total. The van der Waals surface area contributed by atoms with Crippen molar-refractivity contribution in [3.63, 3.8) is 0 Å². The molecule has 0 aromatic heterocycles. The predicted octanol–water partition coefficient (Wildman–Crippen LogP) is 5.06. The lowest BCUT2D eigenvalue weighted by Crippen LogP contribution is -2.53. The summed E-state index contributed by atoms with van der Waals surface area (Å²) in [5.41, 5.74) is 1.90. The molecule has 2 amide bonds. The minimum Gasteiger partial charge on any atom is -0.497 e. The molecule has 3 rings (SSSR count). The van der Waals surface area contributed by atoms with Crippen molar-refractivity contribution in [3.05, 3.63) is 89.7 Å². The molecule has 0 saturated carbocycles. The average Bonchev–Trinajstić information content (AvgIpc) is 2.96. The highest BCUT2D eigenvalue weighted by atomic mass is 32.2. The number of benzene rings is 3. The van der Waals surface area contributed by atoms with Crippen LogP contribution in [-0.2, 0) is 26.2 Å². The number of amides is 2. The highest BCUT2D eigenvalue weighted by Gasteiger charge is 2.34. The lowest BCUT2D eigenvalue weighted by molar-refractivity contribution is -0.140. The first-order chi connectivity index (χ1) is 19.5. The summed E-state index contributed by atoms with van der Waals surface area (Å²) in [5.74, 6) is -0.872. The van der Waals surface area contributed by atoms with Crippen LogP contribution in [0.25, 0.3) is 0 Å². The number of rotatable bonds is 13. The number of halogens is 1. The predicted molar refractivity (Wildman–Crippen MR) is 158 cm³/mol. The van der Waals surface area contributed by atoms with Gasteiger partial charge in [-0.05, 0) is 80.8 Å². The number of ether oxygens (including phenoxy) is 1. The summed E-state index contributed by atoms with van der Waals surface area (Å²) in [6.07, 6.45) is 1.02. The van der Waals surface area contributed by atoms with Crippen LogP contribution in [0.3, 0.4) is 0 Å². The van der Waals surface area contributed by atoms with Gasteiger partial charge in [0, 0.05) is 12.6 Å². The van der Waals surface area contributed by atoms with Crippen molar-refractivity contribution in [1.82, 2.24) is 10.2 Å². The third-order valence-corrected chi connectivity index (χ3v) is 8.66. The highest BCUT2D eigenvalue weighted by Crippen LogP contribution is 2.26. The summed E-state index contributed by atoms with van der Waals surface area (Å²) >= 11 is 0. The first-order valence-electron chi connectivity index (χ1n) is 13.6. The van der Waals surface area contributed by atoms with Gasteiger partial charge >= 0.3 is 0 Å². The van der Waals surface area contributed by atoms with E-state index in [1.54, 1.807) is 49.4 Å². The molecule has 10 heteroatoms. The maximum atomic E-state index is 14.1. The SMILES string of the molecule is CC[C@@H](C)NC(=O)[C@@H](CC)N(Cc1cccc(OC)c1)C(=O)CN(c1ccc(C)cc1)S(=O)(=O)c1ccc(F)cc1. The van der Waals surface area contributed by atoms with Gasteiger partial charge in [0.1, 0.15) is 24.2 Å². The summed E-state index contributed by atoms with van der Waals surface area (Å²) in [6.45, 7) is 6.99. The lowest BCUT2D eigenvalue weighted by atomic mass is 10.1. The fraction of sp³-hybridized carbons (Fsp3) is 0.355. The number of anilines is 1. The zero-order valence-corrected chi connectivity index (χ0v) is 24.9. The number of aryl methyl sites for hydroxylation is 1. The zero-order chi connectivity index (χ0) is 30.2. The van der Waals surface area contributed by atoms with Crippen LogP contribution in [0.15, 0.2) is 77.7 Å². The standard InChI is InChI=1S/C31H38FN3O5S/c1-6-23(4)33-31(37)29(7-2)34(20-24-9-8-10-27(19-24)40-5)30(36)21-35(26-15-11-22(3)12-16-26)41(38,39)28-17-13-25(32)14-18-28/h8-19,23,29H,6-7,20-21H2,1-5H3,(H,33,37)/t23-,29-/m1/s1. The number of methoxy groups -OCH3 is 1. The molecule has 0 fully saturated rings. The van der Waals surface area contributed by atoms with E-state index in [1.165, 1.54) is 24.1 Å². The van der Waals surface area contributed by atoms with Crippen LogP contribution < -0.4 is 14.4 Å². The molecular weight excluding hydrogens is 545 g/mol. The molecule has 0 aliphatic heterocycles. The van der Waals surface area contributed by atoms with E-state index in [0.29, 0.717) is 18.6 Å². The monoisotopic (exact) mass is 583 g/mol. The normalized spacial score (nSPS) is 12.7. The van der Waals surface area contributed by atoms with Crippen LogP contribution in [0.4, 0.5) is 10.1 Å². The number of nitrogens with one attached hydrogen (secondary N) is 1. The molecule has 0 saturated heterocycles. The Bertz CT molecular complexity index is 1430. The van der Waals surface area contributed by atoms with Crippen molar-refractivity contribution in [1.29, 1.82) is 0 Å². The number of hydrogen-bond donors (Lipinski definition) is 1. The summed E-state index contributed by atoms with van der Waals surface area (Å²) in [4.78, 5) is 28.7. The second-order valence-electron chi connectivity index (χ2n) is 9.92. The summed E-state index contributed by atoms with van der Waals surface area (Å²) in [6, 6.07) is 17.4. The molecule has 220 valence electrons. The Labute approximate surface area is 242 Å². The minimum absolute atomic E-state index is 0.0563. The molecule has 0 unspecified atom stereocenters. The Morgan fingerprint density at radius 3 is 2.22 bits per heavy atom. The van der Waals surface area contributed by atoms with Gasteiger partial charge in [0.25, 0.3) is 10.0 Å². The van der Waals surface area contributed by atoms with E-state index < -0.39 is 34.3 Å². The Balaban J connectivity index is 2.06. The first kappa shape index (κ1) is 31.6. The second kappa shape index (κ2) is 14.1. The summed E-state index contributed by atoms with van der Waals surface area (Å²) in [5, 5.41) is 2.95. The molecule has 0 aliphatic rings. The van der Waals surface area contributed by atoms with Crippen molar-refractivity contribution in [2.75, 3.05) is 18.0 Å². The topological polar surface area (TPSA) is 96.0 Å². The third-order valence-electron chi connectivity index (χ3n) is 6.88. The van der Waals surface area contributed by atoms with Gasteiger partial charge in [-0.15, -0.1) is 0 Å². The van der Waals surface area contributed by atoms with Crippen LogP contribution >= 0.6 is 0 Å². The Morgan fingerprint density at radius 2 is 1.63 bits per heavy atom. The second-order valence-corrected chi connectivity index (χ2v) is 11.8. The number of sulfonamides is 1. The van der Waals surface area contributed by atoms with Crippen molar-refractivity contribution >= 4 is 27.5 Å². The van der Waals surface area contributed by atoms with Gasteiger partial charge in [-0.25, -0.2) is 12.8 Å². The van der Waals surface area contributed by atoms with Crippen LogP contribution in [-0.4, -0.2) is 50.9 Å². The summed E-state index contributed by atoms with van der Waals surface area (Å²) < 4.78 is 47.6. The van der Waals surface area contributed by atoms with E-state index >= 15 is 0 Å². The van der Waals surface area contributed by atoms with Crippen LogP contribution in [0.2, 0.25) is 0 Å². The van der Waals surface area contributed by atoms with E-state index in [2.05, 4.69) is 5.32 Å². The van der Waals surface area contributed by atoms with Gasteiger partial charge in [0.05, 0.1) is 17.7 Å². The summed E-state index contributed by atoms with van der Waals surface area (Å²) in [7, 11) is -2.73. The molecule has 2 atom stereocenters. The maximum Gasteiger partial charge on any atom is 0.264 e. The molecule has 0 aliphatic carbocycles. The van der Waals surface area contributed by atoms with E-state index in [0.717, 1.165) is 27.6 Å². The molecule has 3 aromatic carbocycles. The number of hydrogen-bond acceptors (Lipinski definition) is 5. The van der Waals surface area contributed by atoms with Crippen LogP contribution in [0.5, 0.6) is 5.75 Å². The molecular formula is C31H38FN3O5S.